The van der Waals surface area contributed by atoms with Gasteiger partial charge in [-0.25, -0.2) is 0 Å². The summed E-state index contributed by atoms with van der Waals surface area (Å²) in [6.07, 6.45) is 3.56. The molecule has 0 aliphatic carbocycles. The number of carbonyl (C=O) groups is 3. The number of thiophene rings is 1. The molecule has 5 nitrogen and oxygen atoms in total. The van der Waals surface area contributed by atoms with Gasteiger partial charge in [0.25, 0.3) is 11.1 Å². The van der Waals surface area contributed by atoms with Crippen LogP contribution in [0.25, 0.3) is 6.08 Å². The highest BCUT2D eigenvalue weighted by atomic mass is 32.2. The van der Waals surface area contributed by atoms with Crippen molar-refractivity contribution < 1.29 is 14.4 Å². The molecule has 1 fully saturated rings. The number of nitrogens with zero attached hydrogens (tertiary/aromatic N) is 1. The maximum atomic E-state index is 12.2. The Morgan fingerprint density at radius 3 is 2.77 bits per heavy atom. The number of nitrogens with one attached hydrogen (secondary N) is 1. The zero-order valence-corrected chi connectivity index (χ0v) is 14.2. The summed E-state index contributed by atoms with van der Waals surface area (Å²) in [5.74, 6) is -0.698. The van der Waals surface area contributed by atoms with Crippen molar-refractivity contribution in [3.05, 3.63) is 26.8 Å². The Morgan fingerprint density at radius 1 is 1.36 bits per heavy atom. The fraction of sp³-hybridized carbons (Fsp3) is 0.400. The molecule has 1 aromatic heterocycles. The van der Waals surface area contributed by atoms with Gasteiger partial charge in [-0.15, -0.1) is 11.3 Å². The number of unbranched alkanes of at least 4 members (excludes halogenated alkanes) is 1. The fourth-order valence-electron chi connectivity index (χ4n) is 1.90. The van der Waals surface area contributed by atoms with Crippen LogP contribution < -0.4 is 5.32 Å². The first-order chi connectivity index (χ1) is 10.5. The summed E-state index contributed by atoms with van der Waals surface area (Å²) in [6, 6.07) is 3.87. The first kappa shape index (κ1) is 16.8. The number of carbonyl (C=O) groups excluding carboxylic acids is 3. The van der Waals surface area contributed by atoms with Gasteiger partial charge < -0.3 is 5.32 Å². The van der Waals surface area contributed by atoms with Gasteiger partial charge in [-0.2, -0.15) is 0 Å². The van der Waals surface area contributed by atoms with Gasteiger partial charge in [0.1, 0.15) is 6.54 Å². The molecule has 3 amide bonds. The van der Waals surface area contributed by atoms with Crippen LogP contribution in [0, 0.1) is 6.92 Å². The number of imide groups is 1. The topological polar surface area (TPSA) is 66.5 Å². The molecule has 1 N–H and O–H groups in total. The van der Waals surface area contributed by atoms with Gasteiger partial charge in [0, 0.05) is 16.3 Å². The molecule has 0 spiro atoms. The van der Waals surface area contributed by atoms with E-state index < -0.39 is 11.1 Å². The molecule has 118 valence electrons. The maximum absolute atomic E-state index is 12.2. The van der Waals surface area contributed by atoms with E-state index in [2.05, 4.69) is 5.32 Å². The van der Waals surface area contributed by atoms with Gasteiger partial charge in [-0.1, -0.05) is 13.3 Å². The lowest BCUT2D eigenvalue weighted by Gasteiger charge is -2.12. The summed E-state index contributed by atoms with van der Waals surface area (Å²) in [6.45, 7) is 4.36. The van der Waals surface area contributed by atoms with E-state index >= 15 is 0 Å². The quantitative estimate of drug-likeness (QED) is 0.639. The van der Waals surface area contributed by atoms with Crippen molar-refractivity contribution in [3.8, 4) is 0 Å². The lowest BCUT2D eigenvalue weighted by Crippen LogP contribution is -2.39. The molecule has 0 atom stereocenters. The van der Waals surface area contributed by atoms with Crippen LogP contribution in [0.15, 0.2) is 17.0 Å². The van der Waals surface area contributed by atoms with Crippen LogP contribution in [0.5, 0.6) is 0 Å². The zero-order chi connectivity index (χ0) is 16.1. The second kappa shape index (κ2) is 7.60. The molecule has 1 aromatic rings. The normalized spacial score (nSPS) is 16.6. The van der Waals surface area contributed by atoms with E-state index in [4.69, 9.17) is 0 Å². The van der Waals surface area contributed by atoms with Gasteiger partial charge in [0.2, 0.25) is 5.91 Å². The molecule has 22 heavy (non-hydrogen) atoms. The van der Waals surface area contributed by atoms with Crippen LogP contribution >= 0.6 is 23.1 Å². The van der Waals surface area contributed by atoms with Gasteiger partial charge in [-0.05, 0) is 43.3 Å². The minimum atomic E-state index is -0.397. The van der Waals surface area contributed by atoms with Crippen molar-refractivity contribution in [1.29, 1.82) is 0 Å². The van der Waals surface area contributed by atoms with E-state index in [1.54, 1.807) is 17.4 Å². The molecule has 0 bridgehead atoms. The highest BCUT2D eigenvalue weighted by molar-refractivity contribution is 8.18. The Morgan fingerprint density at radius 2 is 2.14 bits per heavy atom. The van der Waals surface area contributed by atoms with Gasteiger partial charge in [0.15, 0.2) is 0 Å². The molecule has 2 rings (SSSR count). The molecule has 1 aliphatic rings. The van der Waals surface area contributed by atoms with Crippen LogP contribution in [0.3, 0.4) is 0 Å². The predicted octanol–water partition coefficient (Wildman–Crippen LogP) is 3.01. The second-order valence-electron chi connectivity index (χ2n) is 4.92. The van der Waals surface area contributed by atoms with E-state index in [0.29, 0.717) is 11.4 Å². The summed E-state index contributed by atoms with van der Waals surface area (Å²) in [5, 5.41) is 2.31. The highest BCUT2D eigenvalue weighted by Crippen LogP contribution is 2.33. The summed E-state index contributed by atoms with van der Waals surface area (Å²) < 4.78 is 0. The van der Waals surface area contributed by atoms with Gasteiger partial charge in [0.05, 0.1) is 4.91 Å². The maximum Gasteiger partial charge on any atom is 0.294 e. The third-order valence-electron chi connectivity index (χ3n) is 3.06. The molecule has 0 radical (unpaired) electrons. The van der Waals surface area contributed by atoms with Crippen LogP contribution in [0.1, 0.15) is 29.5 Å². The molecular formula is C15H18N2O3S2. The van der Waals surface area contributed by atoms with E-state index in [0.717, 1.165) is 39.3 Å². The van der Waals surface area contributed by atoms with Crippen molar-refractivity contribution in [2.45, 2.75) is 26.7 Å². The number of rotatable bonds is 6. The molecule has 1 aliphatic heterocycles. The third-order valence-corrected chi connectivity index (χ3v) is 4.92. The lowest BCUT2D eigenvalue weighted by atomic mass is 10.3. The number of aryl methyl sites for hydroxylation is 1. The van der Waals surface area contributed by atoms with Gasteiger partial charge >= 0.3 is 0 Å². The molecule has 0 unspecified atom stereocenters. The number of thioether (sulfide) groups is 1. The van der Waals surface area contributed by atoms with Crippen molar-refractivity contribution in [2.75, 3.05) is 13.1 Å². The Balaban J connectivity index is 1.99. The smallest absolute Gasteiger partial charge is 0.294 e. The summed E-state index contributed by atoms with van der Waals surface area (Å²) >= 11 is 2.44. The van der Waals surface area contributed by atoms with Gasteiger partial charge in [-0.3, -0.25) is 19.3 Å². The molecular weight excluding hydrogens is 320 g/mol. The zero-order valence-electron chi connectivity index (χ0n) is 12.5. The monoisotopic (exact) mass is 338 g/mol. The molecule has 0 aromatic carbocycles. The first-order valence-electron chi connectivity index (χ1n) is 7.09. The fourth-order valence-corrected chi connectivity index (χ4v) is 3.63. The van der Waals surface area contributed by atoms with E-state index in [1.165, 1.54) is 0 Å². The standard InChI is InChI=1S/C15H18N2O3S2/c1-3-4-7-16-13(18)9-17-14(19)12(22-15(17)20)8-11-6-5-10(2)21-11/h5-6,8H,3-4,7,9H2,1-2H3,(H,16,18)/b12-8-. The minimum absolute atomic E-state index is 0.213. The van der Waals surface area contributed by atoms with Crippen LogP contribution in [-0.2, 0) is 9.59 Å². The summed E-state index contributed by atoms with van der Waals surface area (Å²) in [4.78, 5) is 39.3. The Kier molecular flexibility index (Phi) is 5.79. The molecule has 1 saturated heterocycles. The average Bonchev–Trinajstić information content (AvgIpc) is 2.98. The predicted molar refractivity (Wildman–Crippen MR) is 89.7 cm³/mol. The Labute approximate surface area is 137 Å². The summed E-state index contributed by atoms with van der Waals surface area (Å²) in [7, 11) is 0. The highest BCUT2D eigenvalue weighted by Gasteiger charge is 2.36. The lowest BCUT2D eigenvalue weighted by molar-refractivity contribution is -0.129. The van der Waals surface area contributed by atoms with Crippen LogP contribution in [0.4, 0.5) is 4.79 Å². The SMILES string of the molecule is CCCCNC(=O)CN1C(=O)S/C(=C\c2ccc(C)s2)C1=O. The number of hydrogen-bond donors (Lipinski definition) is 1. The van der Waals surface area contributed by atoms with Crippen molar-refractivity contribution >= 4 is 46.2 Å². The van der Waals surface area contributed by atoms with E-state index in [1.807, 2.05) is 26.0 Å². The van der Waals surface area contributed by atoms with Crippen molar-refractivity contribution in [1.82, 2.24) is 10.2 Å². The Bertz CT molecular complexity index is 622. The first-order valence-corrected chi connectivity index (χ1v) is 8.73. The Hall–Kier alpha value is -1.60. The van der Waals surface area contributed by atoms with Crippen LogP contribution in [-0.4, -0.2) is 35.0 Å². The largest absolute Gasteiger partial charge is 0.355 e. The molecule has 2 heterocycles. The van der Waals surface area contributed by atoms with Crippen molar-refractivity contribution in [2.24, 2.45) is 0 Å². The summed E-state index contributed by atoms with van der Waals surface area (Å²) in [5.41, 5.74) is 0. The van der Waals surface area contributed by atoms with Crippen LogP contribution in [0.2, 0.25) is 0 Å². The van der Waals surface area contributed by atoms with Crippen molar-refractivity contribution in [3.63, 3.8) is 0 Å². The molecule has 7 heteroatoms. The second-order valence-corrected chi connectivity index (χ2v) is 7.23. The van der Waals surface area contributed by atoms with E-state index in [9.17, 15) is 14.4 Å². The minimum Gasteiger partial charge on any atom is -0.355 e. The molecule has 0 saturated carbocycles. The number of amides is 3. The third kappa shape index (κ3) is 4.20. The van der Waals surface area contributed by atoms with E-state index in [-0.39, 0.29) is 12.5 Å². The average molecular weight is 338 g/mol. The number of hydrogen-bond acceptors (Lipinski definition) is 5.